The van der Waals surface area contributed by atoms with Crippen molar-refractivity contribution < 1.29 is 9.90 Å². The van der Waals surface area contributed by atoms with Crippen LogP contribution in [-0.4, -0.2) is 47.1 Å². The molecule has 118 valence electrons. The van der Waals surface area contributed by atoms with E-state index < -0.39 is 5.97 Å². The summed E-state index contributed by atoms with van der Waals surface area (Å²) >= 11 is 1.36. The molecular weight excluding hydrogens is 286 g/mol. The summed E-state index contributed by atoms with van der Waals surface area (Å²) in [6, 6.07) is 0.257. The summed E-state index contributed by atoms with van der Waals surface area (Å²) in [6.45, 7) is 10.2. The number of hydrogen-bond acceptors (Lipinski definition) is 5. The van der Waals surface area contributed by atoms with Gasteiger partial charge in [0.05, 0.1) is 11.7 Å². The Labute approximate surface area is 130 Å². The van der Waals surface area contributed by atoms with Crippen LogP contribution < -0.4 is 5.32 Å². The molecule has 5 nitrogen and oxygen atoms in total. The summed E-state index contributed by atoms with van der Waals surface area (Å²) in [4.78, 5) is 19.0. The van der Waals surface area contributed by atoms with Crippen molar-refractivity contribution in [2.24, 2.45) is 0 Å². The zero-order chi connectivity index (χ0) is 15.4. The molecule has 0 amide bonds. The van der Waals surface area contributed by atoms with Crippen molar-refractivity contribution in [3.05, 3.63) is 15.6 Å². The number of hydrogen-bond donors (Lipinski definition) is 2. The molecule has 1 unspecified atom stereocenters. The van der Waals surface area contributed by atoms with Crippen LogP contribution in [-0.2, 0) is 0 Å². The van der Waals surface area contributed by atoms with Crippen LogP contribution >= 0.6 is 11.3 Å². The molecule has 1 aliphatic rings. The predicted molar refractivity (Wildman–Crippen MR) is 85.3 cm³/mol. The normalized spacial score (nSPS) is 18.1. The molecule has 1 atom stereocenters. The molecule has 1 saturated heterocycles. The van der Waals surface area contributed by atoms with Crippen molar-refractivity contribution in [1.29, 1.82) is 0 Å². The maximum Gasteiger partial charge on any atom is 0.347 e. The summed E-state index contributed by atoms with van der Waals surface area (Å²) in [5, 5.41) is 13.7. The van der Waals surface area contributed by atoms with Gasteiger partial charge in [-0.05, 0) is 12.3 Å². The van der Waals surface area contributed by atoms with Crippen LogP contribution in [0.15, 0.2) is 0 Å². The fourth-order valence-electron chi connectivity index (χ4n) is 2.77. The second-order valence-corrected chi connectivity index (χ2v) is 6.85. The number of aromatic carboxylic acids is 1. The van der Waals surface area contributed by atoms with Crippen LogP contribution in [0.3, 0.4) is 0 Å². The van der Waals surface area contributed by atoms with Crippen LogP contribution in [0, 0.1) is 0 Å². The third-order valence-corrected chi connectivity index (χ3v) is 5.01. The minimum atomic E-state index is -0.849. The maximum atomic E-state index is 11.4. The minimum Gasteiger partial charge on any atom is -0.477 e. The van der Waals surface area contributed by atoms with E-state index in [9.17, 15) is 9.90 Å². The molecule has 1 aliphatic heterocycles. The highest BCUT2D eigenvalue weighted by molar-refractivity contribution is 7.13. The van der Waals surface area contributed by atoms with Gasteiger partial charge in [-0.15, -0.1) is 11.3 Å². The monoisotopic (exact) mass is 311 g/mol. The molecule has 2 rings (SSSR count). The Hall–Kier alpha value is -0.980. The number of carboxylic acid groups (broad SMARTS) is 1. The van der Waals surface area contributed by atoms with Crippen molar-refractivity contribution in [2.75, 3.05) is 26.2 Å². The highest BCUT2D eigenvalue weighted by atomic mass is 32.1. The Morgan fingerprint density at radius 2 is 2.10 bits per heavy atom. The smallest absolute Gasteiger partial charge is 0.347 e. The van der Waals surface area contributed by atoms with Gasteiger partial charge in [0.1, 0.15) is 9.88 Å². The van der Waals surface area contributed by atoms with Gasteiger partial charge in [0.2, 0.25) is 0 Å². The molecule has 1 aromatic rings. The summed E-state index contributed by atoms with van der Waals surface area (Å²) in [5.74, 6) is -0.704. The summed E-state index contributed by atoms with van der Waals surface area (Å²) in [6.07, 6.45) is 2.11. The molecule has 0 spiro atoms. The van der Waals surface area contributed by atoms with Gasteiger partial charge >= 0.3 is 5.97 Å². The maximum absolute atomic E-state index is 11.4. The lowest BCUT2D eigenvalue weighted by molar-refractivity contribution is 0.0700. The second kappa shape index (κ2) is 7.33. The number of carboxylic acids is 1. The first-order chi connectivity index (χ1) is 10.0. The van der Waals surface area contributed by atoms with Crippen molar-refractivity contribution >= 4 is 17.3 Å². The summed E-state index contributed by atoms with van der Waals surface area (Å²) in [5.41, 5.74) is 0.735. The first kappa shape index (κ1) is 16.4. The number of nitrogens with one attached hydrogen (secondary N) is 1. The van der Waals surface area contributed by atoms with Gasteiger partial charge in [0, 0.05) is 26.2 Å². The number of thiazole rings is 1. The van der Waals surface area contributed by atoms with E-state index in [0.29, 0.717) is 4.88 Å². The number of rotatable bonds is 6. The minimum absolute atomic E-state index is 0.145. The van der Waals surface area contributed by atoms with Crippen LogP contribution in [0.1, 0.15) is 65.9 Å². The van der Waals surface area contributed by atoms with E-state index in [1.54, 1.807) is 0 Å². The Morgan fingerprint density at radius 3 is 2.57 bits per heavy atom. The van der Waals surface area contributed by atoms with Gasteiger partial charge in [0.15, 0.2) is 0 Å². The van der Waals surface area contributed by atoms with Gasteiger partial charge < -0.3 is 10.4 Å². The van der Waals surface area contributed by atoms with Gasteiger partial charge in [-0.2, -0.15) is 0 Å². The quantitative estimate of drug-likeness (QED) is 0.845. The molecule has 6 heteroatoms. The van der Waals surface area contributed by atoms with Crippen LogP contribution in [0.5, 0.6) is 0 Å². The Kier molecular flexibility index (Phi) is 5.72. The first-order valence-corrected chi connectivity index (χ1v) is 8.54. The molecule has 0 aliphatic carbocycles. The Bertz CT molecular complexity index is 481. The van der Waals surface area contributed by atoms with Gasteiger partial charge in [-0.25, -0.2) is 9.78 Å². The zero-order valence-corrected chi connectivity index (χ0v) is 13.9. The molecule has 0 aromatic carbocycles. The fourth-order valence-corrected chi connectivity index (χ4v) is 3.99. The highest BCUT2D eigenvalue weighted by Crippen LogP contribution is 2.33. The fraction of sp³-hybridized carbons (Fsp3) is 0.733. The highest BCUT2D eigenvalue weighted by Gasteiger charge is 2.28. The van der Waals surface area contributed by atoms with Gasteiger partial charge in [-0.3, -0.25) is 4.90 Å². The van der Waals surface area contributed by atoms with Crippen molar-refractivity contribution in [1.82, 2.24) is 15.2 Å². The summed E-state index contributed by atoms with van der Waals surface area (Å²) in [7, 11) is 0. The second-order valence-electron chi connectivity index (χ2n) is 5.82. The van der Waals surface area contributed by atoms with E-state index >= 15 is 0 Å². The Balaban J connectivity index is 2.31. The molecule has 1 aromatic heterocycles. The molecule has 2 N–H and O–H groups in total. The standard InChI is InChI=1S/C15H25N3O2S/c1-4-5-11(18-8-6-16-7-9-18)14-17-12(10(2)3)13(21-14)15(19)20/h10-11,16H,4-9H2,1-3H3,(H,19,20). The molecule has 21 heavy (non-hydrogen) atoms. The largest absolute Gasteiger partial charge is 0.477 e. The van der Waals surface area contributed by atoms with Crippen LogP contribution in [0.25, 0.3) is 0 Å². The first-order valence-electron chi connectivity index (χ1n) is 7.73. The van der Waals surface area contributed by atoms with E-state index in [-0.39, 0.29) is 12.0 Å². The van der Waals surface area contributed by atoms with Crippen LogP contribution in [0.4, 0.5) is 0 Å². The average Bonchev–Trinajstić information content (AvgIpc) is 2.91. The van der Waals surface area contributed by atoms with Gasteiger partial charge in [-0.1, -0.05) is 27.2 Å². The lowest BCUT2D eigenvalue weighted by Gasteiger charge is -2.33. The lowest BCUT2D eigenvalue weighted by atomic mass is 10.1. The van der Waals surface area contributed by atoms with E-state index in [1.165, 1.54) is 11.3 Å². The lowest BCUT2D eigenvalue weighted by Crippen LogP contribution is -2.45. The number of carbonyl (C=O) groups is 1. The molecule has 2 heterocycles. The SMILES string of the molecule is CCCC(c1nc(C(C)C)c(C(=O)O)s1)N1CCNCC1. The average molecular weight is 311 g/mol. The van der Waals surface area contributed by atoms with Gasteiger partial charge in [0.25, 0.3) is 0 Å². The van der Waals surface area contributed by atoms with Crippen molar-refractivity contribution in [2.45, 2.75) is 45.6 Å². The molecule has 0 radical (unpaired) electrons. The van der Waals surface area contributed by atoms with Crippen molar-refractivity contribution in [3.63, 3.8) is 0 Å². The van der Waals surface area contributed by atoms with E-state index in [4.69, 9.17) is 4.98 Å². The number of nitrogens with zero attached hydrogens (tertiary/aromatic N) is 2. The van der Waals surface area contributed by atoms with E-state index in [2.05, 4.69) is 17.1 Å². The summed E-state index contributed by atoms with van der Waals surface area (Å²) < 4.78 is 0. The van der Waals surface area contributed by atoms with Crippen molar-refractivity contribution in [3.8, 4) is 0 Å². The third kappa shape index (κ3) is 3.81. The number of aromatic nitrogens is 1. The third-order valence-electron chi connectivity index (χ3n) is 3.85. The molecule has 0 saturated carbocycles. The van der Waals surface area contributed by atoms with E-state index in [1.807, 2.05) is 13.8 Å². The van der Waals surface area contributed by atoms with E-state index in [0.717, 1.165) is 49.7 Å². The topological polar surface area (TPSA) is 65.5 Å². The Morgan fingerprint density at radius 1 is 1.43 bits per heavy atom. The predicted octanol–water partition coefficient (Wildman–Crippen LogP) is 2.71. The number of piperazine rings is 1. The zero-order valence-electron chi connectivity index (χ0n) is 13.1. The molecular formula is C15H25N3O2S. The molecule has 1 fully saturated rings. The molecule has 0 bridgehead atoms. The van der Waals surface area contributed by atoms with Crippen LogP contribution in [0.2, 0.25) is 0 Å².